The van der Waals surface area contributed by atoms with Crippen molar-refractivity contribution in [2.75, 3.05) is 53.0 Å². The average molecular weight is 399 g/mol. The standard InChI is InChI=1S/C22H29N3O4/c1-28-22(27)18-5-7-21(8-6-18)29-17-20(26)16-25-14-12-24(13-15-25)11-9-19-4-2-3-10-23-19/h2-8,10,20,26H,9,11-17H2,1H3/t20-/m0/s1. The van der Waals surface area contributed by atoms with Gasteiger partial charge in [-0.1, -0.05) is 6.07 Å². The maximum atomic E-state index is 11.4. The van der Waals surface area contributed by atoms with E-state index >= 15 is 0 Å². The van der Waals surface area contributed by atoms with E-state index in [1.165, 1.54) is 7.11 Å². The third-order valence-electron chi connectivity index (χ3n) is 5.06. The van der Waals surface area contributed by atoms with Gasteiger partial charge in [0.05, 0.1) is 12.7 Å². The normalized spacial score (nSPS) is 16.3. The van der Waals surface area contributed by atoms with Gasteiger partial charge in [0.25, 0.3) is 0 Å². The van der Waals surface area contributed by atoms with Gasteiger partial charge in [-0.15, -0.1) is 0 Å². The molecule has 0 radical (unpaired) electrons. The van der Waals surface area contributed by atoms with Crippen molar-refractivity contribution < 1.29 is 19.4 Å². The number of carbonyl (C=O) groups is 1. The number of aliphatic hydroxyl groups excluding tert-OH is 1. The number of aromatic nitrogens is 1. The summed E-state index contributed by atoms with van der Waals surface area (Å²) in [6.07, 6.45) is 2.24. The van der Waals surface area contributed by atoms with Gasteiger partial charge in [-0.2, -0.15) is 0 Å². The molecule has 1 aliphatic rings. The summed E-state index contributed by atoms with van der Waals surface area (Å²) in [5, 5.41) is 10.3. The summed E-state index contributed by atoms with van der Waals surface area (Å²) >= 11 is 0. The summed E-state index contributed by atoms with van der Waals surface area (Å²) in [6, 6.07) is 12.7. The number of hydrogen-bond acceptors (Lipinski definition) is 7. The van der Waals surface area contributed by atoms with E-state index < -0.39 is 6.10 Å². The highest BCUT2D eigenvalue weighted by Gasteiger charge is 2.19. The lowest BCUT2D eigenvalue weighted by Crippen LogP contribution is -2.49. The summed E-state index contributed by atoms with van der Waals surface area (Å²) in [6.45, 7) is 5.69. The van der Waals surface area contributed by atoms with E-state index in [1.807, 2.05) is 18.3 Å². The zero-order valence-corrected chi connectivity index (χ0v) is 16.9. The van der Waals surface area contributed by atoms with Crippen LogP contribution in [0.15, 0.2) is 48.7 Å². The highest BCUT2D eigenvalue weighted by atomic mass is 16.5. The molecule has 1 aliphatic heterocycles. The molecule has 1 saturated heterocycles. The van der Waals surface area contributed by atoms with Gasteiger partial charge < -0.3 is 19.5 Å². The molecule has 0 amide bonds. The van der Waals surface area contributed by atoms with Crippen LogP contribution in [0.5, 0.6) is 5.75 Å². The van der Waals surface area contributed by atoms with Crippen LogP contribution in [0.2, 0.25) is 0 Å². The number of ether oxygens (including phenoxy) is 2. The summed E-state index contributed by atoms with van der Waals surface area (Å²) in [5.41, 5.74) is 1.60. The molecule has 0 saturated carbocycles. The van der Waals surface area contributed by atoms with Crippen molar-refractivity contribution in [3.63, 3.8) is 0 Å². The van der Waals surface area contributed by atoms with Crippen LogP contribution in [0.3, 0.4) is 0 Å². The molecule has 0 unspecified atom stereocenters. The van der Waals surface area contributed by atoms with Crippen LogP contribution in [0.25, 0.3) is 0 Å². The molecule has 1 atom stereocenters. The molecule has 7 nitrogen and oxygen atoms in total. The lowest BCUT2D eigenvalue weighted by Gasteiger charge is -2.35. The minimum Gasteiger partial charge on any atom is -0.491 e. The minimum atomic E-state index is -0.560. The van der Waals surface area contributed by atoms with Gasteiger partial charge in [-0.3, -0.25) is 9.88 Å². The van der Waals surface area contributed by atoms with Crippen LogP contribution in [-0.4, -0.2) is 84.9 Å². The maximum Gasteiger partial charge on any atom is 0.337 e. The van der Waals surface area contributed by atoms with Gasteiger partial charge in [0.2, 0.25) is 0 Å². The largest absolute Gasteiger partial charge is 0.491 e. The molecule has 1 N–H and O–H groups in total. The minimum absolute atomic E-state index is 0.220. The van der Waals surface area contributed by atoms with Gasteiger partial charge in [-0.05, 0) is 36.4 Å². The van der Waals surface area contributed by atoms with Gasteiger partial charge in [0.15, 0.2) is 0 Å². The average Bonchev–Trinajstić information content (AvgIpc) is 2.78. The molecule has 0 spiro atoms. The van der Waals surface area contributed by atoms with Crippen LogP contribution >= 0.6 is 0 Å². The van der Waals surface area contributed by atoms with Crippen LogP contribution in [0.1, 0.15) is 16.1 Å². The first-order chi connectivity index (χ1) is 14.1. The number of methoxy groups -OCH3 is 1. The van der Waals surface area contributed by atoms with Gasteiger partial charge in [0, 0.05) is 57.6 Å². The summed E-state index contributed by atoms with van der Waals surface area (Å²) < 4.78 is 10.3. The number of hydrogen-bond donors (Lipinski definition) is 1. The fourth-order valence-corrected chi connectivity index (χ4v) is 3.36. The maximum absolute atomic E-state index is 11.4. The number of nitrogens with zero attached hydrogens (tertiary/aromatic N) is 3. The van der Waals surface area contributed by atoms with Crippen LogP contribution in [0, 0.1) is 0 Å². The van der Waals surface area contributed by atoms with E-state index in [0.29, 0.717) is 17.9 Å². The summed E-state index contributed by atoms with van der Waals surface area (Å²) in [4.78, 5) is 20.5. The molecule has 29 heavy (non-hydrogen) atoms. The Morgan fingerprint density at radius 3 is 2.48 bits per heavy atom. The van der Waals surface area contributed by atoms with E-state index in [1.54, 1.807) is 24.3 Å². The van der Waals surface area contributed by atoms with Crippen molar-refractivity contribution in [2.45, 2.75) is 12.5 Å². The molecule has 7 heteroatoms. The first-order valence-corrected chi connectivity index (χ1v) is 9.98. The Hall–Kier alpha value is -2.48. The Bertz CT molecular complexity index is 746. The van der Waals surface area contributed by atoms with Crippen LogP contribution < -0.4 is 4.74 Å². The van der Waals surface area contributed by atoms with Crippen molar-refractivity contribution in [1.82, 2.24) is 14.8 Å². The quantitative estimate of drug-likeness (QED) is 0.640. The number of carbonyl (C=O) groups excluding carboxylic acids is 1. The topological polar surface area (TPSA) is 75.1 Å². The van der Waals surface area contributed by atoms with Crippen molar-refractivity contribution >= 4 is 5.97 Å². The number of pyridine rings is 1. The Kier molecular flexibility index (Phi) is 7.98. The number of aliphatic hydroxyl groups is 1. The van der Waals surface area contributed by atoms with Gasteiger partial charge in [-0.25, -0.2) is 4.79 Å². The van der Waals surface area contributed by atoms with Crippen LogP contribution in [0.4, 0.5) is 0 Å². The van der Waals surface area contributed by atoms with Gasteiger partial charge in [0.1, 0.15) is 18.5 Å². The van der Waals surface area contributed by atoms with E-state index in [9.17, 15) is 9.90 Å². The molecule has 1 fully saturated rings. The van der Waals surface area contributed by atoms with Crippen molar-refractivity contribution in [2.24, 2.45) is 0 Å². The van der Waals surface area contributed by atoms with Crippen molar-refractivity contribution in [1.29, 1.82) is 0 Å². The fourth-order valence-electron chi connectivity index (χ4n) is 3.36. The molecular formula is C22H29N3O4. The zero-order valence-electron chi connectivity index (χ0n) is 16.9. The second-order valence-electron chi connectivity index (χ2n) is 7.19. The van der Waals surface area contributed by atoms with E-state index in [4.69, 9.17) is 4.74 Å². The molecule has 3 rings (SSSR count). The number of piperazine rings is 1. The SMILES string of the molecule is COC(=O)c1ccc(OC[C@@H](O)CN2CCN(CCc3ccccn3)CC2)cc1. The molecule has 2 aromatic rings. The lowest BCUT2D eigenvalue weighted by atomic mass is 10.2. The van der Waals surface area contributed by atoms with E-state index in [2.05, 4.69) is 25.6 Å². The molecule has 2 heterocycles. The number of rotatable bonds is 9. The van der Waals surface area contributed by atoms with Crippen molar-refractivity contribution in [3.05, 3.63) is 59.9 Å². The molecule has 0 bridgehead atoms. The van der Waals surface area contributed by atoms with Gasteiger partial charge >= 0.3 is 5.97 Å². The predicted octanol–water partition coefficient (Wildman–Crippen LogP) is 1.47. The number of benzene rings is 1. The predicted molar refractivity (Wildman–Crippen MR) is 110 cm³/mol. The Labute approximate surface area is 171 Å². The molecule has 1 aromatic heterocycles. The highest BCUT2D eigenvalue weighted by molar-refractivity contribution is 5.89. The first kappa shape index (κ1) is 21.2. The highest BCUT2D eigenvalue weighted by Crippen LogP contribution is 2.13. The smallest absolute Gasteiger partial charge is 0.337 e. The molecule has 1 aromatic carbocycles. The third kappa shape index (κ3) is 6.81. The summed E-state index contributed by atoms with van der Waals surface area (Å²) in [5.74, 6) is 0.242. The molecule has 0 aliphatic carbocycles. The Morgan fingerprint density at radius 2 is 1.83 bits per heavy atom. The number of esters is 1. The second kappa shape index (κ2) is 10.9. The van der Waals surface area contributed by atoms with Crippen molar-refractivity contribution in [3.8, 4) is 5.75 Å². The van der Waals surface area contributed by atoms with E-state index in [-0.39, 0.29) is 12.6 Å². The van der Waals surface area contributed by atoms with E-state index in [0.717, 1.165) is 44.8 Å². The zero-order chi connectivity index (χ0) is 20.5. The Morgan fingerprint density at radius 1 is 1.10 bits per heavy atom. The summed E-state index contributed by atoms with van der Waals surface area (Å²) in [7, 11) is 1.35. The lowest BCUT2D eigenvalue weighted by molar-refractivity contribution is 0.0462. The first-order valence-electron chi connectivity index (χ1n) is 9.98. The monoisotopic (exact) mass is 399 g/mol. The molecule has 156 valence electrons. The molecular weight excluding hydrogens is 370 g/mol. The second-order valence-corrected chi connectivity index (χ2v) is 7.19. The van der Waals surface area contributed by atoms with Crippen LogP contribution in [-0.2, 0) is 11.2 Å². The third-order valence-corrected chi connectivity index (χ3v) is 5.06. The Balaban J connectivity index is 1.33. The fraction of sp³-hybridized carbons (Fsp3) is 0.455. The number of β-amino-alcohol motifs (C(OH)–C–C–N with tert-alkyl or cyclic N) is 1.